The molecule has 0 bridgehead atoms. The molecule has 2 atom stereocenters. The van der Waals surface area contributed by atoms with Crippen molar-refractivity contribution < 1.29 is 31.1 Å². The van der Waals surface area contributed by atoms with E-state index in [1.165, 1.54) is 17.7 Å². The Kier molecular flexibility index (Phi) is 7.35. The minimum Gasteiger partial charge on any atom is -0.385 e. The van der Waals surface area contributed by atoms with Gasteiger partial charge in [0.2, 0.25) is 0 Å². The maximum atomic E-state index is 13.4. The summed E-state index contributed by atoms with van der Waals surface area (Å²) in [5, 5.41) is 3.48. The van der Waals surface area contributed by atoms with E-state index in [0.717, 1.165) is 23.4 Å². The summed E-state index contributed by atoms with van der Waals surface area (Å²) < 4.78 is 80.4. The molecule has 3 nitrogen and oxygen atoms in total. The summed E-state index contributed by atoms with van der Waals surface area (Å²) in [6, 6.07) is 18.7. The molecular formula is C30H28F6N2O. The van der Waals surface area contributed by atoms with Gasteiger partial charge in [-0.25, -0.2) is 0 Å². The van der Waals surface area contributed by atoms with Crippen molar-refractivity contribution in [2.75, 3.05) is 25.0 Å². The smallest absolute Gasteiger partial charge is 0.385 e. The largest absolute Gasteiger partial charge is 0.416 e. The highest BCUT2D eigenvalue weighted by molar-refractivity contribution is 5.95. The minimum absolute atomic E-state index is 0.0198. The van der Waals surface area contributed by atoms with E-state index in [-0.39, 0.29) is 31.0 Å². The molecule has 5 rings (SSSR count). The third-order valence-corrected chi connectivity index (χ3v) is 7.57. The van der Waals surface area contributed by atoms with Crippen molar-refractivity contribution in [1.29, 1.82) is 0 Å². The maximum absolute atomic E-state index is 13.4. The van der Waals surface area contributed by atoms with Gasteiger partial charge in [0.1, 0.15) is 0 Å². The quantitative estimate of drug-likeness (QED) is 0.318. The first-order chi connectivity index (χ1) is 18.5. The van der Waals surface area contributed by atoms with Crippen molar-refractivity contribution in [3.05, 3.63) is 101 Å². The van der Waals surface area contributed by atoms with Gasteiger partial charge in [0.25, 0.3) is 5.91 Å². The molecule has 1 aliphatic heterocycles. The summed E-state index contributed by atoms with van der Waals surface area (Å²) in [6.45, 7) is 1.30. The van der Waals surface area contributed by atoms with Crippen LogP contribution in [0.1, 0.15) is 63.7 Å². The van der Waals surface area contributed by atoms with Crippen molar-refractivity contribution in [3.63, 3.8) is 0 Å². The highest BCUT2D eigenvalue weighted by Gasteiger charge is 2.39. The van der Waals surface area contributed by atoms with Crippen molar-refractivity contribution in [2.24, 2.45) is 5.92 Å². The van der Waals surface area contributed by atoms with Gasteiger partial charge in [-0.3, -0.25) is 4.79 Å². The zero-order valence-electron chi connectivity index (χ0n) is 21.0. The number of carbonyl (C=O) groups is 1. The van der Waals surface area contributed by atoms with Crippen LogP contribution in [0, 0.1) is 5.92 Å². The molecular weight excluding hydrogens is 518 g/mol. The van der Waals surface area contributed by atoms with Gasteiger partial charge in [-0.05, 0) is 72.6 Å². The Labute approximate surface area is 222 Å². The molecule has 2 fully saturated rings. The summed E-state index contributed by atoms with van der Waals surface area (Å²) in [7, 11) is 0. The van der Waals surface area contributed by atoms with E-state index < -0.39 is 35.0 Å². The van der Waals surface area contributed by atoms with Crippen LogP contribution in [0.5, 0.6) is 0 Å². The number of nitrogens with zero attached hydrogens (tertiary/aromatic N) is 1. The molecule has 206 valence electrons. The molecule has 0 radical (unpaired) electrons. The van der Waals surface area contributed by atoms with E-state index in [2.05, 4.69) is 11.4 Å². The monoisotopic (exact) mass is 546 g/mol. The average molecular weight is 547 g/mol. The second kappa shape index (κ2) is 10.6. The molecule has 3 aromatic carbocycles. The molecule has 39 heavy (non-hydrogen) atoms. The molecule has 1 aliphatic carbocycles. The molecule has 1 saturated heterocycles. The minimum atomic E-state index is -5.02. The van der Waals surface area contributed by atoms with Crippen LogP contribution in [-0.2, 0) is 12.4 Å². The Balaban J connectivity index is 1.43. The lowest BCUT2D eigenvalue weighted by molar-refractivity contribution is -0.143. The summed E-state index contributed by atoms with van der Waals surface area (Å²) in [6.07, 6.45) is -7.07. The van der Waals surface area contributed by atoms with E-state index >= 15 is 0 Å². The number of amides is 1. The molecule has 1 N–H and O–H groups in total. The second-order valence-corrected chi connectivity index (χ2v) is 10.4. The van der Waals surface area contributed by atoms with Crippen LogP contribution in [0.25, 0.3) is 0 Å². The number of carbonyl (C=O) groups excluding carboxylic acids is 1. The van der Waals surface area contributed by atoms with Crippen LogP contribution in [0.2, 0.25) is 0 Å². The molecule has 2 aliphatic rings. The van der Waals surface area contributed by atoms with E-state index in [9.17, 15) is 31.1 Å². The number of likely N-dealkylation sites (tertiary alicyclic amines) is 1. The summed E-state index contributed by atoms with van der Waals surface area (Å²) in [4.78, 5) is 14.7. The van der Waals surface area contributed by atoms with Gasteiger partial charge in [-0.2, -0.15) is 26.3 Å². The van der Waals surface area contributed by atoms with Crippen LogP contribution in [0.4, 0.5) is 32.0 Å². The summed E-state index contributed by atoms with van der Waals surface area (Å²) in [5.41, 5.74) is -0.565. The van der Waals surface area contributed by atoms with Crippen LogP contribution in [0.3, 0.4) is 0 Å². The summed E-state index contributed by atoms with van der Waals surface area (Å²) in [5.74, 6) is -0.304. The van der Waals surface area contributed by atoms with Gasteiger partial charge in [0.05, 0.1) is 11.1 Å². The van der Waals surface area contributed by atoms with Crippen molar-refractivity contribution >= 4 is 11.6 Å². The Morgan fingerprint density at radius 1 is 0.769 bits per heavy atom. The standard InChI is InChI=1S/C30H28F6N2O/c31-29(32,33)23-13-22(14-24(16-23)30(34,35)36)28(39)38-12-11-26(27(18-38)20-5-2-1-3-6-20)21-7-4-8-25(15-21)37-17-19-9-10-19/h1-8,13-16,19,26-27,37H,9-12,17-18H2/t26-,27+/m0/s1. The van der Waals surface area contributed by atoms with Gasteiger partial charge in [0.15, 0.2) is 0 Å². The lowest BCUT2D eigenvalue weighted by Crippen LogP contribution is -2.42. The first-order valence-electron chi connectivity index (χ1n) is 13.0. The van der Waals surface area contributed by atoms with E-state index in [0.29, 0.717) is 24.5 Å². The van der Waals surface area contributed by atoms with E-state index in [1.807, 2.05) is 48.5 Å². The second-order valence-electron chi connectivity index (χ2n) is 10.4. The third kappa shape index (κ3) is 6.40. The number of alkyl halides is 6. The molecule has 1 saturated carbocycles. The lowest BCUT2D eigenvalue weighted by Gasteiger charge is -2.39. The number of piperidine rings is 1. The Hall–Kier alpha value is -3.49. The van der Waals surface area contributed by atoms with Crippen molar-refractivity contribution in [1.82, 2.24) is 4.90 Å². The predicted molar refractivity (Wildman–Crippen MR) is 137 cm³/mol. The normalized spacial score (nSPS) is 20.1. The molecule has 3 aromatic rings. The van der Waals surface area contributed by atoms with Crippen LogP contribution < -0.4 is 5.32 Å². The van der Waals surface area contributed by atoms with Gasteiger partial charge in [-0.1, -0.05) is 42.5 Å². The molecule has 0 unspecified atom stereocenters. The van der Waals surface area contributed by atoms with Crippen molar-refractivity contribution in [2.45, 2.75) is 43.5 Å². The van der Waals surface area contributed by atoms with Crippen LogP contribution in [0.15, 0.2) is 72.8 Å². The Morgan fingerprint density at radius 2 is 1.41 bits per heavy atom. The number of hydrogen-bond donors (Lipinski definition) is 1. The molecule has 1 amide bonds. The van der Waals surface area contributed by atoms with Gasteiger partial charge >= 0.3 is 12.4 Å². The summed E-state index contributed by atoms with van der Waals surface area (Å²) >= 11 is 0. The Morgan fingerprint density at radius 3 is 2.03 bits per heavy atom. The lowest BCUT2D eigenvalue weighted by atomic mass is 9.76. The number of nitrogens with one attached hydrogen (secondary N) is 1. The maximum Gasteiger partial charge on any atom is 0.416 e. The van der Waals surface area contributed by atoms with Crippen molar-refractivity contribution in [3.8, 4) is 0 Å². The number of benzene rings is 3. The van der Waals surface area contributed by atoms with E-state index in [1.54, 1.807) is 0 Å². The predicted octanol–water partition coefficient (Wildman–Crippen LogP) is 7.96. The zero-order chi connectivity index (χ0) is 27.8. The first kappa shape index (κ1) is 27.1. The number of rotatable bonds is 6. The van der Waals surface area contributed by atoms with Gasteiger partial charge in [0, 0.05) is 36.8 Å². The fourth-order valence-corrected chi connectivity index (χ4v) is 5.30. The van der Waals surface area contributed by atoms with Gasteiger partial charge in [-0.15, -0.1) is 0 Å². The highest BCUT2D eigenvalue weighted by atomic mass is 19.4. The van der Waals surface area contributed by atoms with Crippen LogP contribution >= 0.6 is 0 Å². The fourth-order valence-electron chi connectivity index (χ4n) is 5.30. The molecule has 9 heteroatoms. The fraction of sp³-hybridized carbons (Fsp3) is 0.367. The third-order valence-electron chi connectivity index (χ3n) is 7.57. The van der Waals surface area contributed by atoms with E-state index in [4.69, 9.17) is 0 Å². The van der Waals surface area contributed by atoms with Gasteiger partial charge < -0.3 is 10.2 Å². The zero-order valence-corrected chi connectivity index (χ0v) is 21.0. The SMILES string of the molecule is O=C(c1cc(C(F)(F)F)cc(C(F)(F)F)c1)N1CC[C@@H](c2cccc(NCC3CC3)c2)[C@@H](c2ccccc2)C1. The molecule has 0 spiro atoms. The highest BCUT2D eigenvalue weighted by Crippen LogP contribution is 2.42. The number of halogens is 6. The van der Waals surface area contributed by atoms with Crippen LogP contribution in [-0.4, -0.2) is 30.4 Å². The first-order valence-corrected chi connectivity index (χ1v) is 13.0. The molecule has 0 aromatic heterocycles. The topological polar surface area (TPSA) is 32.3 Å². The number of hydrogen-bond acceptors (Lipinski definition) is 2. The Bertz CT molecular complexity index is 1280. The molecule has 1 heterocycles. The average Bonchev–Trinajstić information content (AvgIpc) is 3.75. The number of anilines is 1.